The van der Waals surface area contributed by atoms with Crippen LogP contribution >= 0.6 is 0 Å². The van der Waals surface area contributed by atoms with Gasteiger partial charge in [0.2, 0.25) is 0 Å². The zero-order chi connectivity index (χ0) is 13.5. The Bertz CT molecular complexity index is 479. The number of nitrogens with one attached hydrogen (secondary N) is 1. The van der Waals surface area contributed by atoms with E-state index in [4.69, 9.17) is 9.15 Å². The molecule has 2 aromatic rings. The number of ether oxygens (including phenoxy) is 1. The quantitative estimate of drug-likeness (QED) is 0.830. The molecule has 19 heavy (non-hydrogen) atoms. The minimum absolute atomic E-state index is 0.354. The molecule has 0 amide bonds. The average Bonchev–Trinajstić information content (AvgIpc) is 2.92. The van der Waals surface area contributed by atoms with Crippen LogP contribution in [0.15, 0.2) is 47.1 Å². The smallest absolute Gasteiger partial charge is 0.122 e. The molecule has 1 unspecified atom stereocenters. The molecule has 0 aliphatic carbocycles. The van der Waals surface area contributed by atoms with Gasteiger partial charge in [-0.3, -0.25) is 0 Å². The Labute approximate surface area is 114 Å². The van der Waals surface area contributed by atoms with Crippen LogP contribution < -0.4 is 10.1 Å². The van der Waals surface area contributed by atoms with E-state index in [0.29, 0.717) is 6.04 Å². The number of benzene rings is 1. The van der Waals surface area contributed by atoms with Gasteiger partial charge in [0.05, 0.1) is 13.4 Å². The largest absolute Gasteiger partial charge is 0.496 e. The van der Waals surface area contributed by atoms with Crippen molar-refractivity contribution in [3.63, 3.8) is 0 Å². The molecule has 0 aliphatic rings. The number of para-hydroxylation sites is 1. The van der Waals surface area contributed by atoms with E-state index in [2.05, 4.69) is 18.3 Å². The third-order valence-electron chi connectivity index (χ3n) is 3.18. The van der Waals surface area contributed by atoms with Gasteiger partial charge in [-0.2, -0.15) is 0 Å². The first-order valence-corrected chi connectivity index (χ1v) is 6.71. The SMILES string of the molecule is CCNC(Cc1ccco1)Cc1ccccc1OC. The molecule has 102 valence electrons. The zero-order valence-corrected chi connectivity index (χ0v) is 11.6. The Morgan fingerprint density at radius 1 is 1.16 bits per heavy atom. The molecule has 1 N–H and O–H groups in total. The predicted octanol–water partition coefficient (Wildman–Crippen LogP) is 3.05. The van der Waals surface area contributed by atoms with Crippen LogP contribution in [0.4, 0.5) is 0 Å². The van der Waals surface area contributed by atoms with Crippen molar-refractivity contribution < 1.29 is 9.15 Å². The van der Waals surface area contributed by atoms with Crippen molar-refractivity contribution in [2.45, 2.75) is 25.8 Å². The van der Waals surface area contributed by atoms with E-state index in [-0.39, 0.29) is 0 Å². The first-order valence-electron chi connectivity index (χ1n) is 6.71. The van der Waals surface area contributed by atoms with Gasteiger partial charge in [0.1, 0.15) is 11.5 Å². The van der Waals surface area contributed by atoms with E-state index in [9.17, 15) is 0 Å². The zero-order valence-electron chi connectivity index (χ0n) is 11.6. The lowest BCUT2D eigenvalue weighted by Crippen LogP contribution is -2.33. The summed E-state index contributed by atoms with van der Waals surface area (Å²) in [6, 6.07) is 12.5. The number of rotatable bonds is 7. The Morgan fingerprint density at radius 3 is 2.68 bits per heavy atom. The minimum atomic E-state index is 0.354. The second-order valence-corrected chi connectivity index (χ2v) is 4.55. The van der Waals surface area contributed by atoms with E-state index in [1.807, 2.05) is 30.3 Å². The standard InChI is InChI=1S/C16H21NO2/c1-3-17-14(12-15-8-6-10-19-15)11-13-7-4-5-9-16(13)18-2/h4-10,14,17H,3,11-12H2,1-2H3. The van der Waals surface area contributed by atoms with Crippen molar-refractivity contribution in [3.05, 3.63) is 54.0 Å². The molecule has 0 radical (unpaired) electrons. The Morgan fingerprint density at radius 2 is 2.00 bits per heavy atom. The van der Waals surface area contributed by atoms with Crippen LogP contribution in [0.1, 0.15) is 18.2 Å². The second kappa shape index (κ2) is 7.00. The molecule has 0 saturated heterocycles. The van der Waals surface area contributed by atoms with E-state index in [0.717, 1.165) is 30.9 Å². The molecule has 3 nitrogen and oxygen atoms in total. The highest BCUT2D eigenvalue weighted by atomic mass is 16.5. The summed E-state index contributed by atoms with van der Waals surface area (Å²) in [7, 11) is 1.72. The second-order valence-electron chi connectivity index (χ2n) is 4.55. The molecular weight excluding hydrogens is 238 g/mol. The van der Waals surface area contributed by atoms with Crippen LogP contribution in [0.5, 0.6) is 5.75 Å². The number of likely N-dealkylation sites (N-methyl/N-ethyl adjacent to an activating group) is 1. The summed E-state index contributed by atoms with van der Waals surface area (Å²) in [5, 5.41) is 3.51. The van der Waals surface area contributed by atoms with Crippen molar-refractivity contribution in [1.82, 2.24) is 5.32 Å². The summed E-state index contributed by atoms with van der Waals surface area (Å²) >= 11 is 0. The fraction of sp³-hybridized carbons (Fsp3) is 0.375. The van der Waals surface area contributed by atoms with Crippen molar-refractivity contribution >= 4 is 0 Å². The van der Waals surface area contributed by atoms with E-state index in [1.165, 1.54) is 5.56 Å². The monoisotopic (exact) mass is 259 g/mol. The van der Waals surface area contributed by atoms with Gasteiger partial charge in [-0.25, -0.2) is 0 Å². The van der Waals surface area contributed by atoms with E-state index < -0.39 is 0 Å². The molecule has 1 aromatic heterocycles. The molecule has 3 heteroatoms. The third kappa shape index (κ3) is 3.86. The Kier molecular flexibility index (Phi) is 5.04. The summed E-state index contributed by atoms with van der Waals surface area (Å²) in [6.45, 7) is 3.07. The number of hydrogen-bond donors (Lipinski definition) is 1. The highest BCUT2D eigenvalue weighted by molar-refractivity contribution is 5.34. The van der Waals surface area contributed by atoms with Crippen LogP contribution in [-0.2, 0) is 12.8 Å². The maximum Gasteiger partial charge on any atom is 0.122 e. The van der Waals surface area contributed by atoms with Gasteiger partial charge in [0.15, 0.2) is 0 Å². The van der Waals surface area contributed by atoms with Crippen LogP contribution in [0.2, 0.25) is 0 Å². The fourth-order valence-electron chi connectivity index (χ4n) is 2.31. The number of furan rings is 1. The highest BCUT2D eigenvalue weighted by Crippen LogP contribution is 2.20. The van der Waals surface area contributed by atoms with Gasteiger partial charge < -0.3 is 14.5 Å². The van der Waals surface area contributed by atoms with Gasteiger partial charge in [-0.1, -0.05) is 25.1 Å². The average molecular weight is 259 g/mol. The summed E-state index contributed by atoms with van der Waals surface area (Å²) < 4.78 is 10.8. The summed E-state index contributed by atoms with van der Waals surface area (Å²) in [5.41, 5.74) is 1.22. The molecule has 0 fully saturated rings. The van der Waals surface area contributed by atoms with E-state index >= 15 is 0 Å². The van der Waals surface area contributed by atoms with Gasteiger partial charge in [0, 0.05) is 12.5 Å². The van der Waals surface area contributed by atoms with Crippen LogP contribution in [0.25, 0.3) is 0 Å². The number of hydrogen-bond acceptors (Lipinski definition) is 3. The van der Waals surface area contributed by atoms with Crippen LogP contribution in [0.3, 0.4) is 0 Å². The van der Waals surface area contributed by atoms with Crippen molar-refractivity contribution in [2.75, 3.05) is 13.7 Å². The number of methoxy groups -OCH3 is 1. The molecule has 0 saturated carbocycles. The first-order chi connectivity index (χ1) is 9.33. The summed E-state index contributed by atoms with van der Waals surface area (Å²) in [5.74, 6) is 1.96. The maximum absolute atomic E-state index is 5.43. The first kappa shape index (κ1) is 13.7. The maximum atomic E-state index is 5.43. The third-order valence-corrected chi connectivity index (χ3v) is 3.18. The lowest BCUT2D eigenvalue weighted by atomic mass is 10.0. The molecule has 1 heterocycles. The van der Waals surface area contributed by atoms with Crippen LogP contribution in [-0.4, -0.2) is 19.7 Å². The summed E-state index contributed by atoms with van der Waals surface area (Å²) in [6.07, 6.45) is 3.54. The summed E-state index contributed by atoms with van der Waals surface area (Å²) in [4.78, 5) is 0. The topological polar surface area (TPSA) is 34.4 Å². The Balaban J connectivity index is 2.07. The normalized spacial score (nSPS) is 12.3. The Hall–Kier alpha value is -1.74. The van der Waals surface area contributed by atoms with Gasteiger partial charge in [0.25, 0.3) is 0 Å². The van der Waals surface area contributed by atoms with Crippen molar-refractivity contribution in [2.24, 2.45) is 0 Å². The molecule has 0 bridgehead atoms. The fourth-order valence-corrected chi connectivity index (χ4v) is 2.31. The van der Waals surface area contributed by atoms with Gasteiger partial charge in [-0.05, 0) is 36.7 Å². The molecule has 2 rings (SSSR count). The minimum Gasteiger partial charge on any atom is -0.496 e. The van der Waals surface area contributed by atoms with Crippen molar-refractivity contribution in [1.29, 1.82) is 0 Å². The molecule has 0 aliphatic heterocycles. The van der Waals surface area contributed by atoms with E-state index in [1.54, 1.807) is 13.4 Å². The van der Waals surface area contributed by atoms with Crippen molar-refractivity contribution in [3.8, 4) is 5.75 Å². The molecule has 0 spiro atoms. The predicted molar refractivity (Wildman–Crippen MR) is 76.6 cm³/mol. The highest BCUT2D eigenvalue weighted by Gasteiger charge is 2.13. The van der Waals surface area contributed by atoms with Gasteiger partial charge in [-0.15, -0.1) is 0 Å². The molecular formula is C16H21NO2. The van der Waals surface area contributed by atoms with Gasteiger partial charge >= 0.3 is 0 Å². The molecule has 1 aromatic carbocycles. The molecule has 1 atom stereocenters. The van der Waals surface area contributed by atoms with Crippen LogP contribution in [0, 0.1) is 0 Å². The lowest BCUT2D eigenvalue weighted by molar-refractivity contribution is 0.400. The lowest BCUT2D eigenvalue weighted by Gasteiger charge is -2.18.